The summed E-state index contributed by atoms with van der Waals surface area (Å²) in [6, 6.07) is 9.35. The molecule has 1 unspecified atom stereocenters. The highest BCUT2D eigenvalue weighted by molar-refractivity contribution is 5.81. The minimum atomic E-state index is -0.482. The van der Waals surface area contributed by atoms with E-state index in [0.29, 0.717) is 19.6 Å². The lowest BCUT2D eigenvalue weighted by molar-refractivity contribution is -0.122. The van der Waals surface area contributed by atoms with E-state index in [1.165, 1.54) is 12.8 Å². The van der Waals surface area contributed by atoms with E-state index in [1.54, 1.807) is 0 Å². The van der Waals surface area contributed by atoms with E-state index in [1.807, 2.05) is 30.3 Å². The van der Waals surface area contributed by atoms with Crippen LogP contribution < -0.4 is 11.1 Å². The van der Waals surface area contributed by atoms with Gasteiger partial charge in [0.25, 0.3) is 0 Å². The number of nitrogens with one attached hydrogen (secondary N) is 1. The van der Waals surface area contributed by atoms with Gasteiger partial charge in [-0.05, 0) is 37.2 Å². The number of carbonyl (C=O) groups is 1. The van der Waals surface area contributed by atoms with Crippen LogP contribution in [0.15, 0.2) is 30.3 Å². The Morgan fingerprint density at radius 2 is 2.10 bits per heavy atom. The number of hydrogen-bond donors (Lipinski definition) is 2. The maximum absolute atomic E-state index is 11.8. The Kier molecular flexibility index (Phi) is 6.02. The zero-order valence-electron chi connectivity index (χ0n) is 11.9. The van der Waals surface area contributed by atoms with E-state index >= 15 is 0 Å². The second-order valence-electron chi connectivity index (χ2n) is 5.46. The molecule has 4 heteroatoms. The number of ether oxygens (including phenoxy) is 1. The van der Waals surface area contributed by atoms with Gasteiger partial charge in [0.2, 0.25) is 5.91 Å². The zero-order chi connectivity index (χ0) is 14.2. The number of hydrogen-bond acceptors (Lipinski definition) is 3. The fourth-order valence-corrected chi connectivity index (χ4v) is 2.01. The van der Waals surface area contributed by atoms with Crippen molar-refractivity contribution in [1.29, 1.82) is 0 Å². The minimum Gasteiger partial charge on any atom is -0.381 e. The summed E-state index contributed by atoms with van der Waals surface area (Å²) in [6.45, 7) is 2.22. The standard InChI is InChI=1S/C16H24N2O2/c17-15(11-13-5-2-1-3-6-13)16(19)18-9-4-10-20-12-14-7-8-14/h1-3,5-6,14-15H,4,7-12,17H2,(H,18,19). The normalized spacial score (nSPS) is 15.8. The molecule has 0 aliphatic heterocycles. The summed E-state index contributed by atoms with van der Waals surface area (Å²) in [6.07, 6.45) is 4.04. The van der Waals surface area contributed by atoms with Gasteiger partial charge >= 0.3 is 0 Å². The number of benzene rings is 1. The predicted octanol–water partition coefficient (Wildman–Crippen LogP) is 1.49. The molecule has 0 radical (unpaired) electrons. The third-order valence-electron chi connectivity index (χ3n) is 3.45. The lowest BCUT2D eigenvalue weighted by Gasteiger charge is -2.12. The lowest BCUT2D eigenvalue weighted by Crippen LogP contribution is -2.42. The molecule has 0 heterocycles. The first-order chi connectivity index (χ1) is 9.75. The second-order valence-corrected chi connectivity index (χ2v) is 5.46. The number of carbonyl (C=O) groups excluding carboxylic acids is 1. The first-order valence-corrected chi connectivity index (χ1v) is 7.40. The molecule has 0 aromatic heterocycles. The van der Waals surface area contributed by atoms with Crippen LogP contribution in [0.2, 0.25) is 0 Å². The summed E-state index contributed by atoms with van der Waals surface area (Å²) >= 11 is 0. The van der Waals surface area contributed by atoms with E-state index in [2.05, 4.69) is 5.32 Å². The molecular weight excluding hydrogens is 252 g/mol. The van der Waals surface area contributed by atoms with Gasteiger partial charge in [0, 0.05) is 19.8 Å². The molecule has 1 aromatic carbocycles. The lowest BCUT2D eigenvalue weighted by atomic mass is 10.1. The van der Waals surface area contributed by atoms with Crippen molar-refractivity contribution >= 4 is 5.91 Å². The van der Waals surface area contributed by atoms with Gasteiger partial charge < -0.3 is 15.8 Å². The van der Waals surface area contributed by atoms with Crippen LogP contribution in [0.1, 0.15) is 24.8 Å². The molecule has 1 amide bonds. The molecule has 1 fully saturated rings. The van der Waals surface area contributed by atoms with Crippen molar-refractivity contribution in [3.63, 3.8) is 0 Å². The topological polar surface area (TPSA) is 64.4 Å². The Labute approximate surface area is 120 Å². The molecule has 110 valence electrons. The largest absolute Gasteiger partial charge is 0.381 e. The maximum Gasteiger partial charge on any atom is 0.237 e. The third kappa shape index (κ3) is 5.72. The van der Waals surface area contributed by atoms with Crippen molar-refractivity contribution in [3.8, 4) is 0 Å². The summed E-state index contributed by atoms with van der Waals surface area (Å²) in [5, 5.41) is 2.86. The molecule has 2 rings (SSSR count). The van der Waals surface area contributed by atoms with Crippen LogP contribution in [0.3, 0.4) is 0 Å². The quantitative estimate of drug-likeness (QED) is 0.672. The number of amides is 1. The Bertz CT molecular complexity index is 404. The second kappa shape index (κ2) is 8.02. The summed E-state index contributed by atoms with van der Waals surface area (Å²) in [5.74, 6) is 0.708. The van der Waals surface area contributed by atoms with Crippen LogP contribution in [-0.4, -0.2) is 31.7 Å². The zero-order valence-corrected chi connectivity index (χ0v) is 11.9. The highest BCUT2D eigenvalue weighted by Crippen LogP contribution is 2.28. The Hall–Kier alpha value is -1.39. The van der Waals surface area contributed by atoms with Gasteiger partial charge in [0.15, 0.2) is 0 Å². The SMILES string of the molecule is NC(Cc1ccccc1)C(=O)NCCCOCC1CC1. The number of nitrogens with two attached hydrogens (primary N) is 1. The van der Waals surface area contributed by atoms with E-state index in [9.17, 15) is 4.79 Å². The maximum atomic E-state index is 11.8. The molecule has 0 spiro atoms. The molecule has 3 N–H and O–H groups in total. The van der Waals surface area contributed by atoms with Crippen molar-refractivity contribution in [2.24, 2.45) is 11.7 Å². The van der Waals surface area contributed by atoms with Crippen LogP contribution >= 0.6 is 0 Å². The van der Waals surface area contributed by atoms with Gasteiger partial charge in [-0.3, -0.25) is 4.79 Å². The molecule has 1 aromatic rings. The third-order valence-corrected chi connectivity index (χ3v) is 3.45. The van der Waals surface area contributed by atoms with E-state index in [0.717, 1.165) is 24.5 Å². The first kappa shape index (κ1) is 15.0. The van der Waals surface area contributed by atoms with Crippen LogP contribution in [0.4, 0.5) is 0 Å². The average molecular weight is 276 g/mol. The Morgan fingerprint density at radius 3 is 2.80 bits per heavy atom. The molecular formula is C16H24N2O2. The fourth-order valence-electron chi connectivity index (χ4n) is 2.01. The summed E-state index contributed by atoms with van der Waals surface area (Å²) in [5.41, 5.74) is 6.98. The van der Waals surface area contributed by atoms with E-state index in [-0.39, 0.29) is 5.91 Å². The molecule has 1 atom stereocenters. The van der Waals surface area contributed by atoms with Crippen LogP contribution in [0.5, 0.6) is 0 Å². The van der Waals surface area contributed by atoms with Crippen LogP contribution in [0, 0.1) is 5.92 Å². The minimum absolute atomic E-state index is 0.0870. The van der Waals surface area contributed by atoms with E-state index in [4.69, 9.17) is 10.5 Å². The first-order valence-electron chi connectivity index (χ1n) is 7.40. The average Bonchev–Trinajstić information content (AvgIpc) is 3.27. The van der Waals surface area contributed by atoms with Gasteiger partial charge in [-0.25, -0.2) is 0 Å². The van der Waals surface area contributed by atoms with Gasteiger partial charge in [-0.15, -0.1) is 0 Å². The molecule has 1 aliphatic rings. The van der Waals surface area contributed by atoms with Crippen molar-refractivity contribution in [2.45, 2.75) is 31.7 Å². The van der Waals surface area contributed by atoms with Crippen LogP contribution in [0.25, 0.3) is 0 Å². The Balaban J connectivity index is 1.54. The smallest absolute Gasteiger partial charge is 0.237 e. The molecule has 20 heavy (non-hydrogen) atoms. The van der Waals surface area contributed by atoms with Crippen molar-refractivity contribution in [2.75, 3.05) is 19.8 Å². The predicted molar refractivity (Wildman–Crippen MR) is 79.3 cm³/mol. The van der Waals surface area contributed by atoms with Gasteiger partial charge in [0.1, 0.15) is 0 Å². The molecule has 0 bridgehead atoms. The molecule has 1 saturated carbocycles. The van der Waals surface area contributed by atoms with Crippen molar-refractivity contribution in [3.05, 3.63) is 35.9 Å². The molecule has 4 nitrogen and oxygen atoms in total. The highest BCUT2D eigenvalue weighted by atomic mass is 16.5. The molecule has 1 aliphatic carbocycles. The van der Waals surface area contributed by atoms with Crippen LogP contribution in [-0.2, 0) is 16.0 Å². The van der Waals surface area contributed by atoms with Gasteiger partial charge in [0.05, 0.1) is 6.04 Å². The number of rotatable bonds is 9. The van der Waals surface area contributed by atoms with Gasteiger partial charge in [-0.2, -0.15) is 0 Å². The Morgan fingerprint density at radius 1 is 1.35 bits per heavy atom. The molecule has 0 saturated heterocycles. The summed E-state index contributed by atoms with van der Waals surface area (Å²) < 4.78 is 5.51. The highest BCUT2D eigenvalue weighted by Gasteiger charge is 2.20. The van der Waals surface area contributed by atoms with Crippen molar-refractivity contribution in [1.82, 2.24) is 5.32 Å². The monoisotopic (exact) mass is 276 g/mol. The summed E-state index contributed by atoms with van der Waals surface area (Å²) in [4.78, 5) is 11.8. The van der Waals surface area contributed by atoms with Crippen molar-refractivity contribution < 1.29 is 9.53 Å². The van der Waals surface area contributed by atoms with E-state index < -0.39 is 6.04 Å². The fraction of sp³-hybridized carbons (Fsp3) is 0.562. The van der Waals surface area contributed by atoms with Gasteiger partial charge in [-0.1, -0.05) is 30.3 Å². The summed E-state index contributed by atoms with van der Waals surface area (Å²) in [7, 11) is 0.